The molecular formula is C17H16O3. The third-order valence-corrected chi connectivity index (χ3v) is 2.93. The van der Waals surface area contributed by atoms with E-state index >= 15 is 0 Å². The van der Waals surface area contributed by atoms with Gasteiger partial charge in [-0.15, -0.1) is 0 Å². The first-order valence-electron chi connectivity index (χ1n) is 6.32. The van der Waals surface area contributed by atoms with Gasteiger partial charge in [0.1, 0.15) is 5.75 Å². The van der Waals surface area contributed by atoms with Crippen molar-refractivity contribution in [2.75, 3.05) is 7.11 Å². The van der Waals surface area contributed by atoms with Crippen LogP contribution in [0.3, 0.4) is 0 Å². The topological polar surface area (TPSA) is 46.5 Å². The van der Waals surface area contributed by atoms with Gasteiger partial charge in [0, 0.05) is 0 Å². The summed E-state index contributed by atoms with van der Waals surface area (Å²) in [6.45, 7) is 0. The molecule has 0 saturated carbocycles. The van der Waals surface area contributed by atoms with Crippen LogP contribution in [0.1, 0.15) is 12.0 Å². The quantitative estimate of drug-likeness (QED) is 0.861. The van der Waals surface area contributed by atoms with Gasteiger partial charge in [0.25, 0.3) is 0 Å². The highest BCUT2D eigenvalue weighted by molar-refractivity contribution is 5.73. The van der Waals surface area contributed by atoms with Gasteiger partial charge in [0.15, 0.2) is 0 Å². The first-order valence-corrected chi connectivity index (χ1v) is 6.32. The molecule has 2 aromatic rings. The Hall–Kier alpha value is -2.55. The molecule has 0 radical (unpaired) electrons. The van der Waals surface area contributed by atoms with Crippen LogP contribution in [0.25, 0.3) is 17.2 Å². The highest BCUT2D eigenvalue weighted by atomic mass is 16.5. The Morgan fingerprint density at radius 2 is 1.60 bits per heavy atom. The second kappa shape index (κ2) is 6.57. The van der Waals surface area contributed by atoms with Crippen LogP contribution in [-0.4, -0.2) is 18.2 Å². The molecule has 20 heavy (non-hydrogen) atoms. The lowest BCUT2D eigenvalue weighted by molar-refractivity contribution is -0.139. The van der Waals surface area contributed by atoms with Crippen molar-refractivity contribution in [3.05, 3.63) is 60.2 Å². The number of esters is 1. The number of hydrogen-bond donors (Lipinski definition) is 1. The van der Waals surface area contributed by atoms with E-state index < -0.39 is 0 Å². The molecule has 0 unspecified atom stereocenters. The summed E-state index contributed by atoms with van der Waals surface area (Å²) in [4.78, 5) is 11.0. The second-order valence-electron chi connectivity index (χ2n) is 4.35. The lowest BCUT2D eigenvalue weighted by Crippen LogP contribution is -1.96. The molecular weight excluding hydrogens is 252 g/mol. The Balaban J connectivity index is 2.06. The molecule has 0 heterocycles. The van der Waals surface area contributed by atoms with Gasteiger partial charge in [-0.3, -0.25) is 4.79 Å². The van der Waals surface area contributed by atoms with E-state index in [4.69, 9.17) is 0 Å². The zero-order valence-corrected chi connectivity index (χ0v) is 11.2. The molecule has 1 N–H and O–H groups in total. The average Bonchev–Trinajstić information content (AvgIpc) is 2.48. The minimum Gasteiger partial charge on any atom is -0.508 e. The fraction of sp³-hybridized carbons (Fsp3) is 0.118. The highest BCUT2D eigenvalue weighted by Crippen LogP contribution is 2.22. The number of phenols is 1. The zero-order valence-electron chi connectivity index (χ0n) is 11.2. The smallest absolute Gasteiger partial charge is 0.309 e. The summed E-state index contributed by atoms with van der Waals surface area (Å²) >= 11 is 0. The molecule has 102 valence electrons. The van der Waals surface area contributed by atoms with Crippen LogP contribution in [0.2, 0.25) is 0 Å². The molecule has 2 rings (SSSR count). The van der Waals surface area contributed by atoms with Gasteiger partial charge in [-0.25, -0.2) is 0 Å². The number of carbonyl (C=O) groups excluding carboxylic acids is 1. The zero-order chi connectivity index (χ0) is 14.4. The van der Waals surface area contributed by atoms with Gasteiger partial charge in [0.2, 0.25) is 0 Å². The van der Waals surface area contributed by atoms with Crippen molar-refractivity contribution in [2.45, 2.75) is 6.42 Å². The van der Waals surface area contributed by atoms with Crippen LogP contribution in [-0.2, 0) is 9.53 Å². The number of phenolic OH excluding ortho intramolecular Hbond substituents is 1. The molecule has 0 fully saturated rings. The number of aromatic hydroxyl groups is 1. The number of rotatable bonds is 4. The predicted octanol–water partition coefficient (Wildman–Crippen LogP) is 3.64. The van der Waals surface area contributed by atoms with Gasteiger partial charge >= 0.3 is 5.97 Å². The number of benzene rings is 2. The summed E-state index contributed by atoms with van der Waals surface area (Å²) in [5.41, 5.74) is 3.15. The maximum absolute atomic E-state index is 11.0. The molecule has 0 aliphatic rings. The van der Waals surface area contributed by atoms with Gasteiger partial charge in [-0.2, -0.15) is 0 Å². The molecule has 0 aliphatic carbocycles. The fourth-order valence-electron chi connectivity index (χ4n) is 1.82. The summed E-state index contributed by atoms with van der Waals surface area (Å²) in [7, 11) is 1.38. The largest absolute Gasteiger partial charge is 0.508 e. The van der Waals surface area contributed by atoms with E-state index in [-0.39, 0.29) is 18.1 Å². The lowest BCUT2D eigenvalue weighted by Gasteiger charge is -2.02. The first kappa shape index (κ1) is 13.9. The number of ether oxygens (including phenoxy) is 1. The maximum atomic E-state index is 11.0. The molecule has 0 aliphatic heterocycles. The molecule has 2 aromatic carbocycles. The average molecular weight is 268 g/mol. The van der Waals surface area contributed by atoms with Gasteiger partial charge in [-0.05, 0) is 28.8 Å². The summed E-state index contributed by atoms with van der Waals surface area (Å²) < 4.78 is 4.56. The van der Waals surface area contributed by atoms with E-state index in [2.05, 4.69) is 4.74 Å². The third-order valence-electron chi connectivity index (χ3n) is 2.93. The van der Waals surface area contributed by atoms with Crippen molar-refractivity contribution in [3.8, 4) is 16.9 Å². The molecule has 0 aromatic heterocycles. The summed E-state index contributed by atoms with van der Waals surface area (Å²) in [5, 5.41) is 9.26. The van der Waals surface area contributed by atoms with E-state index in [1.807, 2.05) is 42.5 Å². The predicted molar refractivity (Wildman–Crippen MR) is 79.2 cm³/mol. The number of hydrogen-bond acceptors (Lipinski definition) is 3. The third kappa shape index (κ3) is 3.72. The van der Waals surface area contributed by atoms with E-state index in [0.29, 0.717) is 0 Å². The van der Waals surface area contributed by atoms with Crippen molar-refractivity contribution in [1.29, 1.82) is 0 Å². The van der Waals surface area contributed by atoms with Crippen LogP contribution in [0.5, 0.6) is 5.75 Å². The van der Waals surface area contributed by atoms with Crippen LogP contribution < -0.4 is 0 Å². The number of carbonyl (C=O) groups is 1. The van der Waals surface area contributed by atoms with Crippen molar-refractivity contribution in [2.24, 2.45) is 0 Å². The molecule has 3 nitrogen and oxygen atoms in total. The second-order valence-corrected chi connectivity index (χ2v) is 4.35. The fourth-order valence-corrected chi connectivity index (χ4v) is 1.82. The maximum Gasteiger partial charge on any atom is 0.309 e. The summed E-state index contributed by atoms with van der Waals surface area (Å²) in [6, 6.07) is 15.0. The van der Waals surface area contributed by atoms with Gasteiger partial charge in [0.05, 0.1) is 13.5 Å². The Morgan fingerprint density at radius 3 is 2.15 bits per heavy atom. The molecule has 0 atom stereocenters. The Bertz CT molecular complexity index is 595. The van der Waals surface area contributed by atoms with Crippen molar-refractivity contribution < 1.29 is 14.6 Å². The van der Waals surface area contributed by atoms with Crippen LogP contribution in [0.4, 0.5) is 0 Å². The Labute approximate surface area is 118 Å². The van der Waals surface area contributed by atoms with Crippen molar-refractivity contribution >= 4 is 12.0 Å². The van der Waals surface area contributed by atoms with E-state index in [9.17, 15) is 9.90 Å². The minimum absolute atomic E-state index is 0.248. The SMILES string of the molecule is COC(=O)C/C=C/c1ccc(-c2ccc(O)cc2)cc1. The van der Waals surface area contributed by atoms with Crippen LogP contribution in [0.15, 0.2) is 54.6 Å². The summed E-state index contributed by atoms with van der Waals surface area (Å²) in [5.74, 6) is 0.0121. The summed E-state index contributed by atoms with van der Waals surface area (Å²) in [6.07, 6.45) is 3.94. The molecule has 0 bridgehead atoms. The molecule has 0 saturated heterocycles. The van der Waals surface area contributed by atoms with Gasteiger partial charge in [-0.1, -0.05) is 48.6 Å². The monoisotopic (exact) mass is 268 g/mol. The minimum atomic E-state index is -0.248. The molecule has 0 spiro atoms. The Morgan fingerprint density at radius 1 is 1.05 bits per heavy atom. The van der Waals surface area contributed by atoms with E-state index in [1.54, 1.807) is 18.2 Å². The standard InChI is InChI=1S/C17H16O3/c1-20-17(19)4-2-3-13-5-7-14(8-6-13)15-9-11-16(18)12-10-15/h2-3,5-12,18H,4H2,1H3/b3-2+. The molecule has 3 heteroatoms. The van der Waals surface area contributed by atoms with Crippen molar-refractivity contribution in [1.82, 2.24) is 0 Å². The number of methoxy groups -OCH3 is 1. The van der Waals surface area contributed by atoms with Crippen LogP contribution in [0, 0.1) is 0 Å². The Kier molecular flexibility index (Phi) is 4.56. The van der Waals surface area contributed by atoms with Crippen LogP contribution >= 0.6 is 0 Å². The first-order chi connectivity index (χ1) is 9.69. The lowest BCUT2D eigenvalue weighted by atomic mass is 10.0. The molecule has 0 amide bonds. The van der Waals surface area contributed by atoms with E-state index in [1.165, 1.54) is 7.11 Å². The van der Waals surface area contributed by atoms with E-state index in [0.717, 1.165) is 16.7 Å². The van der Waals surface area contributed by atoms with Gasteiger partial charge < -0.3 is 9.84 Å². The normalized spacial score (nSPS) is 10.7. The van der Waals surface area contributed by atoms with Crippen molar-refractivity contribution in [3.63, 3.8) is 0 Å². The highest BCUT2D eigenvalue weighted by Gasteiger charge is 1.98.